The topological polar surface area (TPSA) is 39.7 Å². The van der Waals surface area contributed by atoms with Crippen molar-refractivity contribution in [1.29, 1.82) is 0 Å². The monoisotopic (exact) mass is 446 g/mol. The molecule has 0 spiro atoms. The Labute approximate surface area is 186 Å². The number of carbonyl (C=O) groups excluding carboxylic acids is 1. The van der Waals surface area contributed by atoms with Crippen LogP contribution in [0, 0.1) is 23.4 Å². The zero-order valence-corrected chi connectivity index (χ0v) is 18.2. The maximum Gasteiger partial charge on any atom is 0.222 e. The van der Waals surface area contributed by atoms with Gasteiger partial charge in [-0.15, -0.1) is 0 Å². The summed E-state index contributed by atoms with van der Waals surface area (Å²) < 4.78 is 41.5. The number of halogens is 3. The lowest BCUT2D eigenvalue weighted by Crippen LogP contribution is -2.49. The van der Waals surface area contributed by atoms with E-state index in [2.05, 4.69) is 9.88 Å². The molecule has 1 aromatic heterocycles. The Morgan fingerprint density at radius 3 is 2.53 bits per heavy atom. The zero-order valence-electron chi connectivity index (χ0n) is 18.2. The van der Waals surface area contributed by atoms with Crippen LogP contribution < -0.4 is 4.90 Å². The van der Waals surface area contributed by atoms with Crippen LogP contribution >= 0.6 is 0 Å². The molecule has 2 saturated heterocycles. The van der Waals surface area contributed by atoms with Crippen molar-refractivity contribution in [2.24, 2.45) is 5.92 Å². The number of hydrogen-bond donors (Lipinski definition) is 0. The number of piperidine rings is 1. The molecule has 0 unspecified atom stereocenters. The fraction of sp³-hybridized carbons (Fsp3) is 0.500. The Bertz CT molecular complexity index is 919. The summed E-state index contributed by atoms with van der Waals surface area (Å²) in [5.74, 6) is -1.46. The van der Waals surface area contributed by atoms with Crippen molar-refractivity contribution in [3.63, 3.8) is 0 Å². The lowest BCUT2D eigenvalue weighted by molar-refractivity contribution is -0.131. The molecule has 0 aliphatic carbocycles. The predicted octanol–water partition coefficient (Wildman–Crippen LogP) is 3.84. The lowest BCUT2D eigenvalue weighted by Gasteiger charge is -2.36. The number of amides is 1. The van der Waals surface area contributed by atoms with E-state index in [4.69, 9.17) is 0 Å². The van der Waals surface area contributed by atoms with Gasteiger partial charge in [0.2, 0.25) is 5.91 Å². The van der Waals surface area contributed by atoms with Crippen LogP contribution in [0.5, 0.6) is 0 Å². The molecule has 2 aliphatic rings. The number of piperazine rings is 1. The largest absolute Gasteiger partial charge is 0.353 e. The van der Waals surface area contributed by atoms with Crippen LogP contribution in [-0.2, 0) is 11.3 Å². The van der Waals surface area contributed by atoms with E-state index in [1.54, 1.807) is 6.20 Å². The van der Waals surface area contributed by atoms with Crippen LogP contribution in [0.1, 0.15) is 31.2 Å². The highest BCUT2D eigenvalue weighted by molar-refractivity contribution is 5.76. The highest BCUT2D eigenvalue weighted by Gasteiger charge is 2.26. The summed E-state index contributed by atoms with van der Waals surface area (Å²) in [6, 6.07) is 7.62. The summed E-state index contributed by atoms with van der Waals surface area (Å²) in [5.41, 5.74) is -0.215. The molecule has 32 heavy (non-hydrogen) atoms. The summed E-state index contributed by atoms with van der Waals surface area (Å²) in [5, 5.41) is 0. The quantitative estimate of drug-likeness (QED) is 0.633. The summed E-state index contributed by atoms with van der Waals surface area (Å²) in [6.45, 7) is 4.34. The van der Waals surface area contributed by atoms with Gasteiger partial charge in [0.25, 0.3) is 0 Å². The summed E-state index contributed by atoms with van der Waals surface area (Å²) >= 11 is 0. The first-order valence-corrected chi connectivity index (χ1v) is 11.3. The average molecular weight is 447 g/mol. The number of pyridine rings is 1. The van der Waals surface area contributed by atoms with Gasteiger partial charge in [-0.25, -0.2) is 18.2 Å². The van der Waals surface area contributed by atoms with E-state index in [0.717, 1.165) is 56.8 Å². The molecule has 2 aliphatic heterocycles. The van der Waals surface area contributed by atoms with Crippen LogP contribution in [0.25, 0.3) is 0 Å². The van der Waals surface area contributed by atoms with Gasteiger partial charge in [0, 0.05) is 57.4 Å². The van der Waals surface area contributed by atoms with Crippen molar-refractivity contribution in [2.75, 3.05) is 44.2 Å². The second kappa shape index (κ2) is 10.3. The average Bonchev–Trinajstić information content (AvgIpc) is 2.84. The molecule has 5 nitrogen and oxygen atoms in total. The molecule has 1 amide bonds. The van der Waals surface area contributed by atoms with Gasteiger partial charge in [-0.05, 0) is 56.0 Å². The number of rotatable bonds is 6. The molecule has 2 fully saturated rings. The number of aromatic nitrogens is 1. The number of likely N-dealkylation sites (tertiary alicyclic amines) is 1. The lowest BCUT2D eigenvalue weighted by atomic mass is 9.92. The fourth-order valence-electron chi connectivity index (χ4n) is 4.68. The van der Waals surface area contributed by atoms with Crippen LogP contribution in [0.4, 0.5) is 19.0 Å². The molecular formula is C24H29F3N4O. The Balaban J connectivity index is 1.24. The molecule has 172 valence electrons. The minimum Gasteiger partial charge on any atom is -0.353 e. The van der Waals surface area contributed by atoms with Gasteiger partial charge in [-0.1, -0.05) is 6.07 Å². The van der Waals surface area contributed by atoms with E-state index in [1.807, 2.05) is 28.0 Å². The summed E-state index contributed by atoms with van der Waals surface area (Å²) in [7, 11) is 0. The van der Waals surface area contributed by atoms with E-state index in [0.29, 0.717) is 32.0 Å². The molecule has 1 aromatic carbocycles. The van der Waals surface area contributed by atoms with Gasteiger partial charge in [-0.3, -0.25) is 9.69 Å². The molecule has 4 rings (SSSR count). The van der Waals surface area contributed by atoms with Gasteiger partial charge in [0.05, 0.1) is 0 Å². The first kappa shape index (κ1) is 22.6. The second-order valence-electron chi connectivity index (χ2n) is 8.66. The van der Waals surface area contributed by atoms with E-state index >= 15 is 0 Å². The van der Waals surface area contributed by atoms with Crippen molar-refractivity contribution in [2.45, 2.75) is 32.2 Å². The Morgan fingerprint density at radius 2 is 1.78 bits per heavy atom. The van der Waals surface area contributed by atoms with Crippen molar-refractivity contribution < 1.29 is 18.0 Å². The normalized spacial score (nSPS) is 19.9. The third kappa shape index (κ3) is 5.41. The molecule has 0 N–H and O–H groups in total. The molecule has 0 saturated carbocycles. The van der Waals surface area contributed by atoms with Crippen molar-refractivity contribution in [1.82, 2.24) is 14.8 Å². The summed E-state index contributed by atoms with van der Waals surface area (Å²) in [6.07, 6.45) is 4.90. The Kier molecular flexibility index (Phi) is 7.29. The minimum atomic E-state index is -1.10. The first-order chi connectivity index (χ1) is 15.5. The fourth-order valence-corrected chi connectivity index (χ4v) is 4.68. The molecule has 0 bridgehead atoms. The summed E-state index contributed by atoms with van der Waals surface area (Å²) in [4.78, 5) is 23.2. The van der Waals surface area contributed by atoms with Gasteiger partial charge in [-0.2, -0.15) is 0 Å². The number of carbonyl (C=O) groups is 1. The Morgan fingerprint density at radius 1 is 1.00 bits per heavy atom. The zero-order chi connectivity index (χ0) is 22.5. The number of benzene rings is 1. The van der Waals surface area contributed by atoms with Gasteiger partial charge in [0.15, 0.2) is 11.6 Å². The second-order valence-corrected chi connectivity index (χ2v) is 8.66. The van der Waals surface area contributed by atoms with Gasteiger partial charge in [0.1, 0.15) is 11.6 Å². The smallest absolute Gasteiger partial charge is 0.222 e. The van der Waals surface area contributed by atoms with Crippen LogP contribution in [0.3, 0.4) is 0 Å². The van der Waals surface area contributed by atoms with Crippen molar-refractivity contribution in [3.05, 3.63) is 59.5 Å². The number of hydrogen-bond acceptors (Lipinski definition) is 4. The van der Waals surface area contributed by atoms with Gasteiger partial charge >= 0.3 is 0 Å². The molecule has 3 heterocycles. The first-order valence-electron chi connectivity index (χ1n) is 11.3. The van der Waals surface area contributed by atoms with Crippen LogP contribution in [0.15, 0.2) is 36.5 Å². The van der Waals surface area contributed by atoms with E-state index in [-0.39, 0.29) is 18.0 Å². The van der Waals surface area contributed by atoms with Crippen LogP contribution in [0.2, 0.25) is 0 Å². The van der Waals surface area contributed by atoms with E-state index in [1.165, 1.54) is 0 Å². The standard InChI is InChI=1S/C24H29F3N4O/c25-20-7-8-21(26)24(27)19(20)17-29-11-3-4-18(16-29)6-9-23(32)31-14-12-30(13-15-31)22-5-1-2-10-28-22/h1-2,5,7-8,10,18H,3-4,6,9,11-17H2/t18-/m1/s1. The van der Waals surface area contributed by atoms with E-state index < -0.39 is 17.5 Å². The minimum absolute atomic E-state index is 0.0509. The molecule has 1 atom stereocenters. The molecular weight excluding hydrogens is 417 g/mol. The SMILES string of the molecule is O=C(CC[C@H]1CCCN(Cc2c(F)ccc(F)c2F)C1)N1CCN(c2ccccn2)CC1. The van der Waals surface area contributed by atoms with E-state index in [9.17, 15) is 18.0 Å². The third-order valence-corrected chi connectivity index (χ3v) is 6.50. The number of anilines is 1. The number of nitrogens with zero attached hydrogens (tertiary/aromatic N) is 4. The highest BCUT2D eigenvalue weighted by Crippen LogP contribution is 2.25. The molecule has 2 aromatic rings. The molecule has 8 heteroatoms. The van der Waals surface area contributed by atoms with Crippen molar-refractivity contribution in [3.8, 4) is 0 Å². The third-order valence-electron chi connectivity index (χ3n) is 6.50. The molecule has 0 radical (unpaired) electrons. The highest BCUT2D eigenvalue weighted by atomic mass is 19.2. The van der Waals surface area contributed by atoms with Crippen molar-refractivity contribution >= 4 is 11.7 Å². The maximum absolute atomic E-state index is 14.0. The van der Waals surface area contributed by atoms with Gasteiger partial charge < -0.3 is 9.80 Å². The van der Waals surface area contributed by atoms with Crippen LogP contribution in [-0.4, -0.2) is 60.0 Å². The Hall–Kier alpha value is -2.61. The predicted molar refractivity (Wildman–Crippen MR) is 117 cm³/mol. The maximum atomic E-state index is 14.0.